The Morgan fingerprint density at radius 3 is 2.94 bits per heavy atom. The molecule has 1 aliphatic rings. The predicted octanol–water partition coefficient (Wildman–Crippen LogP) is 0.863. The van der Waals surface area contributed by atoms with Crippen LogP contribution in [0.3, 0.4) is 0 Å². The summed E-state index contributed by atoms with van der Waals surface area (Å²) in [5.41, 5.74) is 0.0770. The number of carbonyl (C=O) groups is 2. The molecule has 7 heteroatoms. The number of carboxylic acids is 1. The molecule has 1 atom stereocenters. The SMILES string of the molecule is O=C(O)C1CSCCN1C(=O)c1cncc(F)c1. The monoisotopic (exact) mass is 270 g/mol. The Labute approximate surface area is 107 Å². The molecule has 0 aromatic carbocycles. The molecule has 1 saturated heterocycles. The Morgan fingerprint density at radius 2 is 2.28 bits per heavy atom. The zero-order chi connectivity index (χ0) is 13.1. The maximum absolute atomic E-state index is 13.0. The highest BCUT2D eigenvalue weighted by molar-refractivity contribution is 7.99. The molecule has 1 amide bonds. The van der Waals surface area contributed by atoms with Crippen LogP contribution in [0.2, 0.25) is 0 Å². The average Bonchev–Trinajstić information content (AvgIpc) is 2.38. The first-order valence-electron chi connectivity index (χ1n) is 5.31. The summed E-state index contributed by atoms with van der Waals surface area (Å²) >= 11 is 1.49. The number of carboxylic acid groups (broad SMARTS) is 1. The van der Waals surface area contributed by atoms with Gasteiger partial charge in [-0.05, 0) is 6.07 Å². The van der Waals surface area contributed by atoms with Crippen molar-refractivity contribution in [3.63, 3.8) is 0 Å². The molecule has 1 aromatic heterocycles. The molecule has 1 N–H and O–H groups in total. The lowest BCUT2D eigenvalue weighted by molar-refractivity contribution is -0.141. The van der Waals surface area contributed by atoms with E-state index in [-0.39, 0.29) is 5.56 Å². The lowest BCUT2D eigenvalue weighted by atomic mass is 10.2. The van der Waals surface area contributed by atoms with E-state index in [4.69, 9.17) is 5.11 Å². The molecule has 1 aromatic rings. The summed E-state index contributed by atoms with van der Waals surface area (Å²) in [6, 6.07) is 0.204. The van der Waals surface area contributed by atoms with Gasteiger partial charge in [0, 0.05) is 24.2 Å². The number of aliphatic carboxylic acids is 1. The highest BCUT2D eigenvalue weighted by atomic mass is 32.2. The molecule has 0 bridgehead atoms. The van der Waals surface area contributed by atoms with Crippen LogP contribution >= 0.6 is 11.8 Å². The number of halogens is 1. The Morgan fingerprint density at radius 1 is 1.50 bits per heavy atom. The van der Waals surface area contributed by atoms with Gasteiger partial charge in [-0.15, -0.1) is 0 Å². The molecule has 1 fully saturated rings. The van der Waals surface area contributed by atoms with Gasteiger partial charge in [0.15, 0.2) is 0 Å². The largest absolute Gasteiger partial charge is 0.480 e. The third-order valence-corrected chi connectivity index (χ3v) is 3.65. The fourth-order valence-electron chi connectivity index (χ4n) is 1.75. The van der Waals surface area contributed by atoms with E-state index in [1.54, 1.807) is 0 Å². The van der Waals surface area contributed by atoms with Gasteiger partial charge in [0.25, 0.3) is 5.91 Å². The van der Waals surface area contributed by atoms with Crippen LogP contribution < -0.4 is 0 Å². The summed E-state index contributed by atoms with van der Waals surface area (Å²) in [4.78, 5) is 28.0. The summed E-state index contributed by atoms with van der Waals surface area (Å²) in [6.07, 6.45) is 2.24. The van der Waals surface area contributed by atoms with Gasteiger partial charge >= 0.3 is 5.97 Å². The first kappa shape index (κ1) is 12.8. The molecule has 0 saturated carbocycles. The number of amides is 1. The molecule has 96 valence electrons. The maximum Gasteiger partial charge on any atom is 0.327 e. The van der Waals surface area contributed by atoms with Gasteiger partial charge in [0.2, 0.25) is 0 Å². The number of hydrogen-bond donors (Lipinski definition) is 1. The number of rotatable bonds is 2. The molecule has 1 unspecified atom stereocenters. The van der Waals surface area contributed by atoms with E-state index >= 15 is 0 Å². The molecule has 0 radical (unpaired) electrons. The van der Waals surface area contributed by atoms with E-state index in [1.807, 2.05) is 0 Å². The Hall–Kier alpha value is -1.63. The second-order valence-electron chi connectivity index (χ2n) is 3.82. The van der Waals surface area contributed by atoms with Crippen molar-refractivity contribution in [3.8, 4) is 0 Å². The predicted molar refractivity (Wildman–Crippen MR) is 64.0 cm³/mol. The number of aromatic nitrogens is 1. The van der Waals surface area contributed by atoms with Crippen LogP contribution in [0, 0.1) is 5.82 Å². The average molecular weight is 270 g/mol. The van der Waals surface area contributed by atoms with Gasteiger partial charge in [-0.3, -0.25) is 9.78 Å². The van der Waals surface area contributed by atoms with Crippen LogP contribution in [-0.4, -0.2) is 51.0 Å². The summed E-state index contributed by atoms with van der Waals surface area (Å²) in [7, 11) is 0. The second-order valence-corrected chi connectivity index (χ2v) is 4.97. The number of hydrogen-bond acceptors (Lipinski definition) is 4. The van der Waals surface area contributed by atoms with Gasteiger partial charge in [0.05, 0.1) is 11.8 Å². The minimum Gasteiger partial charge on any atom is -0.480 e. The van der Waals surface area contributed by atoms with Crippen molar-refractivity contribution >= 4 is 23.6 Å². The van der Waals surface area contributed by atoms with Gasteiger partial charge < -0.3 is 10.0 Å². The van der Waals surface area contributed by atoms with Gasteiger partial charge in [-0.1, -0.05) is 0 Å². The van der Waals surface area contributed by atoms with E-state index in [2.05, 4.69) is 4.98 Å². The van der Waals surface area contributed by atoms with E-state index in [0.717, 1.165) is 12.3 Å². The number of nitrogens with zero attached hydrogens (tertiary/aromatic N) is 2. The highest BCUT2D eigenvalue weighted by Gasteiger charge is 2.33. The molecular weight excluding hydrogens is 259 g/mol. The van der Waals surface area contributed by atoms with Crippen molar-refractivity contribution in [2.45, 2.75) is 6.04 Å². The van der Waals surface area contributed by atoms with Crippen LogP contribution in [0.4, 0.5) is 4.39 Å². The lowest BCUT2D eigenvalue weighted by Crippen LogP contribution is -2.50. The van der Waals surface area contributed by atoms with Crippen LogP contribution in [0.1, 0.15) is 10.4 Å². The molecule has 2 rings (SSSR count). The zero-order valence-electron chi connectivity index (χ0n) is 9.38. The molecule has 0 aliphatic carbocycles. The van der Waals surface area contributed by atoms with Gasteiger partial charge in [0.1, 0.15) is 11.9 Å². The molecular formula is C11H11FN2O3S. The summed E-state index contributed by atoms with van der Waals surface area (Å²) in [6.45, 7) is 0.344. The smallest absolute Gasteiger partial charge is 0.327 e. The standard InChI is InChI=1S/C11H11FN2O3S/c12-8-3-7(4-13-5-8)10(15)14-1-2-18-6-9(14)11(16)17/h3-5,9H,1-2,6H2,(H,16,17). The fraction of sp³-hybridized carbons (Fsp3) is 0.364. The van der Waals surface area contributed by atoms with Crippen molar-refractivity contribution in [2.75, 3.05) is 18.1 Å². The normalized spacial score (nSPS) is 19.6. The third kappa shape index (κ3) is 2.61. The number of thioether (sulfide) groups is 1. The summed E-state index contributed by atoms with van der Waals surface area (Å²) in [5, 5.41) is 9.06. The van der Waals surface area contributed by atoms with Gasteiger partial charge in [-0.2, -0.15) is 11.8 Å². The third-order valence-electron chi connectivity index (χ3n) is 2.63. The van der Waals surface area contributed by atoms with E-state index in [9.17, 15) is 14.0 Å². The van der Waals surface area contributed by atoms with Crippen LogP contribution in [0.15, 0.2) is 18.5 Å². The Kier molecular flexibility index (Phi) is 3.81. The lowest BCUT2D eigenvalue weighted by Gasteiger charge is -2.32. The van der Waals surface area contributed by atoms with Crippen molar-refractivity contribution < 1.29 is 19.1 Å². The van der Waals surface area contributed by atoms with Crippen molar-refractivity contribution in [1.82, 2.24) is 9.88 Å². The first-order chi connectivity index (χ1) is 8.59. The number of pyridine rings is 1. The molecule has 0 spiro atoms. The molecule has 5 nitrogen and oxygen atoms in total. The second kappa shape index (κ2) is 5.34. The summed E-state index contributed by atoms with van der Waals surface area (Å²) < 4.78 is 13.0. The zero-order valence-corrected chi connectivity index (χ0v) is 10.2. The Bertz CT molecular complexity index is 483. The van der Waals surface area contributed by atoms with Crippen LogP contribution in [-0.2, 0) is 4.79 Å². The fourth-order valence-corrected chi connectivity index (χ4v) is 2.78. The minimum atomic E-state index is -1.04. The maximum atomic E-state index is 13.0. The topological polar surface area (TPSA) is 70.5 Å². The summed E-state index contributed by atoms with van der Waals surface area (Å²) in [5.74, 6) is -1.11. The van der Waals surface area contributed by atoms with Gasteiger partial charge in [-0.25, -0.2) is 9.18 Å². The van der Waals surface area contributed by atoms with E-state index in [1.165, 1.54) is 22.9 Å². The van der Waals surface area contributed by atoms with E-state index < -0.39 is 23.7 Å². The molecule has 2 heterocycles. The quantitative estimate of drug-likeness (QED) is 0.863. The Balaban J connectivity index is 2.23. The van der Waals surface area contributed by atoms with Crippen LogP contribution in [0.25, 0.3) is 0 Å². The molecule has 18 heavy (non-hydrogen) atoms. The van der Waals surface area contributed by atoms with Crippen molar-refractivity contribution in [1.29, 1.82) is 0 Å². The minimum absolute atomic E-state index is 0.0770. The molecule has 1 aliphatic heterocycles. The first-order valence-corrected chi connectivity index (χ1v) is 6.47. The van der Waals surface area contributed by atoms with Crippen molar-refractivity contribution in [2.24, 2.45) is 0 Å². The highest BCUT2D eigenvalue weighted by Crippen LogP contribution is 2.19. The van der Waals surface area contributed by atoms with E-state index in [0.29, 0.717) is 18.1 Å². The number of carbonyl (C=O) groups excluding carboxylic acids is 1. The van der Waals surface area contributed by atoms with Crippen molar-refractivity contribution in [3.05, 3.63) is 29.8 Å². The van der Waals surface area contributed by atoms with Crippen LogP contribution in [0.5, 0.6) is 0 Å².